The molecular formula is C76H52CuN10. The van der Waals surface area contributed by atoms with Crippen LogP contribution in [0.1, 0.15) is 11.1 Å². The maximum absolute atomic E-state index is 5.13. The summed E-state index contributed by atoms with van der Waals surface area (Å²) in [4.78, 5) is 39.6. The number of anilines is 6. The Bertz CT molecular complexity index is 4760. The predicted molar refractivity (Wildman–Crippen MR) is 351 cm³/mol. The SMILES string of the molecule is C1=CC2=C3N=C4N=C(N=c5[n-]c(c6ccccc56)=NC5=NC(=NC([N-]3)C2C=C1)C1C=CC=CC51)c1ccccc14.[Cu+2].c1ccc(N(c2ccc(-c3ccc(N(c4ccccc4)c4cccc5ccccc45)cc3)cc2)c2cccc3ccccc23)cc1. The Labute approximate surface area is 513 Å². The number of allylic oxidation sites excluding steroid dienone is 5. The van der Waals surface area contributed by atoms with Gasteiger partial charge in [0.25, 0.3) is 0 Å². The first-order valence-corrected chi connectivity index (χ1v) is 29.1. The molecule has 87 heavy (non-hydrogen) atoms. The Morgan fingerprint density at radius 1 is 0.345 bits per heavy atom. The molecule has 11 aromatic rings. The molecule has 0 fully saturated rings. The third-order valence-electron chi connectivity index (χ3n) is 16.6. The Morgan fingerprint density at radius 2 is 0.793 bits per heavy atom. The van der Waals surface area contributed by atoms with Gasteiger partial charge in [0.05, 0.1) is 35.0 Å². The maximum atomic E-state index is 5.13. The summed E-state index contributed by atoms with van der Waals surface area (Å²) in [6, 6.07) is 85.3. The van der Waals surface area contributed by atoms with Crippen molar-refractivity contribution in [2.24, 2.45) is 47.7 Å². The molecule has 417 valence electrons. The number of rotatable bonds is 7. The molecule has 5 heterocycles. The minimum absolute atomic E-state index is 0. The molecule has 0 saturated heterocycles. The van der Waals surface area contributed by atoms with Gasteiger partial charge in [0, 0.05) is 73.4 Å². The molecule has 4 aliphatic heterocycles. The van der Waals surface area contributed by atoms with Crippen molar-refractivity contribution in [1.29, 1.82) is 0 Å². The molecule has 11 heteroatoms. The summed E-state index contributed by atoms with van der Waals surface area (Å²) in [6.07, 6.45) is 16.3. The van der Waals surface area contributed by atoms with E-state index in [2.05, 4.69) is 228 Å². The van der Waals surface area contributed by atoms with Gasteiger partial charge in [-0.1, -0.05) is 236 Å². The topological polar surface area (TPSA) is 109 Å². The van der Waals surface area contributed by atoms with Gasteiger partial charge in [0.2, 0.25) is 0 Å². The van der Waals surface area contributed by atoms with Gasteiger partial charge in [-0.15, -0.1) is 0 Å². The number of para-hydroxylation sites is 2. The number of aliphatic imine (C=N–C) groups is 4. The van der Waals surface area contributed by atoms with Crippen molar-refractivity contribution in [1.82, 2.24) is 4.98 Å². The van der Waals surface area contributed by atoms with Crippen molar-refractivity contribution >= 4 is 89.8 Å². The van der Waals surface area contributed by atoms with Crippen molar-refractivity contribution in [3.05, 3.63) is 330 Å². The number of benzene rings is 10. The summed E-state index contributed by atoms with van der Waals surface area (Å²) < 4.78 is 0. The normalized spacial score (nSPS) is 18.1. The molecule has 17 rings (SSSR count). The molecule has 0 saturated carbocycles. The van der Waals surface area contributed by atoms with Crippen molar-refractivity contribution in [3.8, 4) is 11.1 Å². The van der Waals surface area contributed by atoms with E-state index in [9.17, 15) is 0 Å². The average molecular weight is 1170 g/mol. The standard InChI is InChI=1S/C44H32N2.C32H20N8.Cu/c1-3-17-37(18-4-1)45(43-23-11-15-35-13-7-9-21-41(35)43)39-29-25-33(26-30-39)34-27-31-40(32-28-34)46(38-19-5-2-6-20-38)44-24-12-16-36-14-8-10-22-42(36)44;1-2-10-18-17(9-1)25-33-26(18)38-28-21-13-5-6-14-22(21)30(35-28)40-32-24-16-8-7-15-23(24)31(36-32)39-29-20-12-4-3-11-19(20)27(34-29)37-25;/h1-32H;1-19,27H;/q;-2;+2. The van der Waals surface area contributed by atoms with E-state index < -0.39 is 0 Å². The molecule has 10 aromatic carbocycles. The van der Waals surface area contributed by atoms with Crippen molar-refractivity contribution in [3.63, 3.8) is 0 Å². The predicted octanol–water partition coefficient (Wildman–Crippen LogP) is 16.7. The summed E-state index contributed by atoms with van der Waals surface area (Å²) in [6.45, 7) is 0. The van der Waals surface area contributed by atoms with E-state index in [0.29, 0.717) is 34.3 Å². The molecule has 1 aromatic heterocycles. The molecule has 8 bridgehead atoms. The molecule has 4 unspecified atom stereocenters. The molecule has 2 aliphatic carbocycles. The molecular weight excluding hydrogens is 1120 g/mol. The van der Waals surface area contributed by atoms with Crippen LogP contribution in [0.5, 0.6) is 0 Å². The van der Waals surface area contributed by atoms with E-state index in [4.69, 9.17) is 40.3 Å². The summed E-state index contributed by atoms with van der Waals surface area (Å²) in [5.41, 5.74) is 13.2. The first-order chi connectivity index (χ1) is 42.6. The minimum Gasteiger partial charge on any atom is -0.441 e. The molecule has 0 spiro atoms. The van der Waals surface area contributed by atoms with Crippen molar-refractivity contribution < 1.29 is 17.1 Å². The van der Waals surface area contributed by atoms with Crippen LogP contribution in [-0.4, -0.2) is 29.5 Å². The van der Waals surface area contributed by atoms with Gasteiger partial charge >= 0.3 is 17.1 Å². The second-order valence-corrected chi connectivity index (χ2v) is 21.7. The molecule has 10 nitrogen and oxygen atoms in total. The van der Waals surface area contributed by atoms with Crippen LogP contribution >= 0.6 is 0 Å². The quantitative estimate of drug-likeness (QED) is 0.148. The van der Waals surface area contributed by atoms with Crippen LogP contribution in [0, 0.1) is 17.8 Å². The summed E-state index contributed by atoms with van der Waals surface area (Å²) in [7, 11) is 0. The summed E-state index contributed by atoms with van der Waals surface area (Å²) in [5, 5.41) is 11.8. The van der Waals surface area contributed by atoms with E-state index in [-0.39, 0.29) is 41.0 Å². The van der Waals surface area contributed by atoms with Crippen LogP contribution in [0.3, 0.4) is 0 Å². The zero-order valence-corrected chi connectivity index (χ0v) is 47.7. The van der Waals surface area contributed by atoms with Crippen molar-refractivity contribution in [2.75, 3.05) is 9.80 Å². The number of fused-ring (bicyclic) bond motifs is 19. The van der Waals surface area contributed by atoms with Gasteiger partial charge < -0.3 is 35.1 Å². The molecule has 6 aliphatic rings. The fraction of sp³-hybridized carbons (Fsp3) is 0.0526. The first-order valence-electron chi connectivity index (χ1n) is 29.1. The van der Waals surface area contributed by atoms with E-state index in [0.717, 1.165) is 67.4 Å². The molecule has 0 N–H and O–H groups in total. The third-order valence-corrected chi connectivity index (χ3v) is 16.6. The van der Waals surface area contributed by atoms with Crippen molar-refractivity contribution in [2.45, 2.75) is 6.17 Å². The van der Waals surface area contributed by atoms with Gasteiger partial charge in [-0.25, -0.2) is 9.98 Å². The Morgan fingerprint density at radius 3 is 1.37 bits per heavy atom. The Balaban J connectivity index is 0.000000146. The zero-order chi connectivity index (χ0) is 56.9. The molecule has 1 radical (unpaired) electrons. The zero-order valence-electron chi connectivity index (χ0n) is 46.8. The van der Waals surface area contributed by atoms with Crippen LogP contribution in [0.25, 0.3) is 48.8 Å². The second-order valence-electron chi connectivity index (χ2n) is 21.7. The largest absolute Gasteiger partial charge is 2.00 e. The fourth-order valence-electron chi connectivity index (χ4n) is 12.5. The van der Waals surface area contributed by atoms with Crippen LogP contribution < -0.4 is 25.8 Å². The van der Waals surface area contributed by atoms with E-state index in [1.807, 2.05) is 72.8 Å². The molecule has 4 atom stereocenters. The smallest absolute Gasteiger partial charge is 0.441 e. The van der Waals surface area contributed by atoms with Crippen LogP contribution in [0.15, 0.2) is 333 Å². The number of aromatic nitrogens is 1. The Kier molecular flexibility index (Phi) is 13.8. The van der Waals surface area contributed by atoms with E-state index in [1.165, 1.54) is 32.7 Å². The minimum atomic E-state index is -0.365. The number of amidine groups is 4. The number of hydrogen-bond acceptors (Lipinski definition) is 8. The fourth-order valence-corrected chi connectivity index (χ4v) is 12.5. The van der Waals surface area contributed by atoms with E-state index in [1.54, 1.807) is 0 Å². The average Bonchev–Trinajstić information content (AvgIpc) is 2.35. The third kappa shape index (κ3) is 9.75. The van der Waals surface area contributed by atoms with Gasteiger partial charge in [-0.2, -0.15) is 0 Å². The number of nitrogens with zero attached hydrogens (tertiary/aromatic N) is 10. The maximum Gasteiger partial charge on any atom is 2.00 e. The van der Waals surface area contributed by atoms with Gasteiger partial charge in [-0.3, -0.25) is 4.99 Å². The van der Waals surface area contributed by atoms with Crippen LogP contribution in [0.4, 0.5) is 34.1 Å². The second kappa shape index (κ2) is 22.6. The summed E-state index contributed by atoms with van der Waals surface area (Å²) >= 11 is 0. The van der Waals surface area contributed by atoms with E-state index >= 15 is 0 Å². The first kappa shape index (κ1) is 52.9. The van der Waals surface area contributed by atoms with Crippen LogP contribution in [-0.2, 0) is 17.1 Å². The Hall–Kier alpha value is -10.8. The summed E-state index contributed by atoms with van der Waals surface area (Å²) in [5.74, 6) is 3.19. The van der Waals surface area contributed by atoms with Gasteiger partial charge in [0.15, 0.2) is 0 Å². The van der Waals surface area contributed by atoms with Gasteiger partial charge in [-0.05, 0) is 98.9 Å². The molecule has 0 amide bonds. The van der Waals surface area contributed by atoms with Gasteiger partial charge in [0.1, 0.15) is 5.84 Å². The number of hydrogen-bond donors (Lipinski definition) is 0. The van der Waals surface area contributed by atoms with Crippen LogP contribution in [0.2, 0.25) is 0 Å². The monoisotopic (exact) mass is 1170 g/mol.